The number of rotatable bonds is 6. The van der Waals surface area contributed by atoms with Crippen LogP contribution in [0.5, 0.6) is 0 Å². The highest BCUT2D eigenvalue weighted by Gasteiger charge is 2.30. The van der Waals surface area contributed by atoms with Crippen molar-refractivity contribution in [3.63, 3.8) is 0 Å². The minimum Gasteiger partial charge on any atom is -0.343 e. The van der Waals surface area contributed by atoms with Gasteiger partial charge in [-0.05, 0) is 37.5 Å². The van der Waals surface area contributed by atoms with E-state index in [0.717, 1.165) is 30.6 Å². The van der Waals surface area contributed by atoms with Crippen LogP contribution in [0.2, 0.25) is 0 Å². The predicted molar refractivity (Wildman–Crippen MR) is 108 cm³/mol. The van der Waals surface area contributed by atoms with Gasteiger partial charge in [0.2, 0.25) is 5.91 Å². The summed E-state index contributed by atoms with van der Waals surface area (Å²) in [7, 11) is 1.84. The smallest absolute Gasteiger partial charge is 0.253 e. The third kappa shape index (κ3) is 4.57. The molecule has 1 atom stereocenters. The SMILES string of the molecule is CCN1C[C@@H](CN(C)C(=O)c2ccccc2Cc2ccc(C)cc2)CC1=O. The van der Waals surface area contributed by atoms with Crippen molar-refractivity contribution in [2.45, 2.75) is 26.7 Å². The second kappa shape index (κ2) is 8.38. The standard InChI is InChI=1S/C23H28N2O2/c1-4-25-16-19(14-22(25)26)15-24(3)23(27)21-8-6-5-7-20(21)13-18-11-9-17(2)10-12-18/h5-12,19H,4,13-16H2,1-3H3/t19-/m1/s1. The highest BCUT2D eigenvalue weighted by atomic mass is 16.2. The Hall–Kier alpha value is -2.62. The monoisotopic (exact) mass is 364 g/mol. The van der Waals surface area contributed by atoms with E-state index in [0.29, 0.717) is 13.0 Å². The minimum atomic E-state index is 0.0279. The summed E-state index contributed by atoms with van der Waals surface area (Å²) in [5.74, 6) is 0.443. The van der Waals surface area contributed by atoms with Gasteiger partial charge in [0, 0.05) is 44.6 Å². The van der Waals surface area contributed by atoms with E-state index in [9.17, 15) is 9.59 Å². The van der Waals surface area contributed by atoms with E-state index in [1.807, 2.05) is 43.1 Å². The summed E-state index contributed by atoms with van der Waals surface area (Å²) in [6.45, 7) is 6.17. The molecule has 3 rings (SSSR count). The van der Waals surface area contributed by atoms with Crippen LogP contribution in [0.15, 0.2) is 48.5 Å². The molecule has 0 spiro atoms. The van der Waals surface area contributed by atoms with Crippen LogP contribution >= 0.6 is 0 Å². The maximum Gasteiger partial charge on any atom is 0.253 e. The van der Waals surface area contributed by atoms with Gasteiger partial charge in [-0.1, -0.05) is 48.0 Å². The summed E-state index contributed by atoms with van der Waals surface area (Å²) in [5, 5.41) is 0. The molecule has 1 aliphatic rings. The molecule has 142 valence electrons. The van der Waals surface area contributed by atoms with Crippen molar-refractivity contribution in [2.24, 2.45) is 5.92 Å². The summed E-state index contributed by atoms with van der Waals surface area (Å²) in [6.07, 6.45) is 1.28. The third-order valence-corrected chi connectivity index (χ3v) is 5.32. The zero-order valence-electron chi connectivity index (χ0n) is 16.4. The van der Waals surface area contributed by atoms with Crippen LogP contribution in [0, 0.1) is 12.8 Å². The Morgan fingerprint density at radius 2 is 1.85 bits per heavy atom. The number of nitrogens with zero attached hydrogens (tertiary/aromatic N) is 2. The quantitative estimate of drug-likeness (QED) is 0.787. The van der Waals surface area contributed by atoms with Gasteiger partial charge in [0.1, 0.15) is 0 Å². The van der Waals surface area contributed by atoms with Gasteiger partial charge in [-0.2, -0.15) is 0 Å². The summed E-state index contributed by atoms with van der Waals surface area (Å²) in [5.41, 5.74) is 4.21. The molecule has 2 aromatic rings. The molecule has 0 unspecified atom stereocenters. The van der Waals surface area contributed by atoms with Crippen LogP contribution in [-0.4, -0.2) is 48.3 Å². The van der Waals surface area contributed by atoms with Crippen LogP contribution in [0.1, 0.15) is 40.4 Å². The average Bonchev–Trinajstić information content (AvgIpc) is 3.02. The van der Waals surface area contributed by atoms with E-state index >= 15 is 0 Å². The summed E-state index contributed by atoms with van der Waals surface area (Å²) >= 11 is 0. The van der Waals surface area contributed by atoms with E-state index < -0.39 is 0 Å². The molecule has 1 fully saturated rings. The predicted octanol–water partition coefficient (Wildman–Crippen LogP) is 3.53. The lowest BCUT2D eigenvalue weighted by Crippen LogP contribution is -2.33. The number of aryl methyl sites for hydroxylation is 1. The molecule has 0 radical (unpaired) electrons. The molecular formula is C23H28N2O2. The zero-order chi connectivity index (χ0) is 19.4. The maximum atomic E-state index is 13.1. The highest BCUT2D eigenvalue weighted by Crippen LogP contribution is 2.21. The van der Waals surface area contributed by atoms with Gasteiger partial charge < -0.3 is 9.80 Å². The Morgan fingerprint density at radius 3 is 2.52 bits per heavy atom. The molecule has 0 aromatic heterocycles. The molecule has 27 heavy (non-hydrogen) atoms. The Balaban J connectivity index is 1.71. The molecule has 1 heterocycles. The van der Waals surface area contributed by atoms with Crippen molar-refractivity contribution in [1.82, 2.24) is 9.80 Å². The lowest BCUT2D eigenvalue weighted by atomic mass is 9.98. The molecule has 2 amide bonds. The van der Waals surface area contributed by atoms with Gasteiger partial charge in [-0.3, -0.25) is 9.59 Å². The van der Waals surface area contributed by atoms with Crippen LogP contribution in [0.3, 0.4) is 0 Å². The number of amides is 2. The van der Waals surface area contributed by atoms with Crippen molar-refractivity contribution < 1.29 is 9.59 Å². The highest BCUT2D eigenvalue weighted by molar-refractivity contribution is 5.95. The van der Waals surface area contributed by atoms with E-state index in [1.165, 1.54) is 11.1 Å². The minimum absolute atomic E-state index is 0.0279. The van der Waals surface area contributed by atoms with Gasteiger partial charge in [0.15, 0.2) is 0 Å². The van der Waals surface area contributed by atoms with Gasteiger partial charge in [0.25, 0.3) is 5.91 Å². The van der Waals surface area contributed by atoms with Crippen molar-refractivity contribution in [3.8, 4) is 0 Å². The normalized spacial score (nSPS) is 16.6. The fraction of sp³-hybridized carbons (Fsp3) is 0.391. The Bertz CT molecular complexity index is 813. The average molecular weight is 364 g/mol. The van der Waals surface area contributed by atoms with E-state index in [1.54, 1.807) is 4.90 Å². The second-order valence-corrected chi connectivity index (χ2v) is 7.51. The molecular weight excluding hydrogens is 336 g/mol. The first-order chi connectivity index (χ1) is 13.0. The van der Waals surface area contributed by atoms with Crippen molar-refractivity contribution >= 4 is 11.8 Å². The largest absolute Gasteiger partial charge is 0.343 e. The molecule has 0 saturated carbocycles. The molecule has 1 aliphatic heterocycles. The van der Waals surface area contributed by atoms with Crippen molar-refractivity contribution in [3.05, 3.63) is 70.8 Å². The number of carbonyl (C=O) groups is 2. The first-order valence-electron chi connectivity index (χ1n) is 9.64. The van der Waals surface area contributed by atoms with Gasteiger partial charge in [-0.25, -0.2) is 0 Å². The third-order valence-electron chi connectivity index (χ3n) is 5.32. The molecule has 4 nitrogen and oxygen atoms in total. The topological polar surface area (TPSA) is 40.6 Å². The van der Waals surface area contributed by atoms with Crippen LogP contribution < -0.4 is 0 Å². The van der Waals surface area contributed by atoms with Crippen LogP contribution in [0.4, 0.5) is 0 Å². The first kappa shape index (κ1) is 19.2. The van der Waals surface area contributed by atoms with E-state index in [2.05, 4.69) is 31.2 Å². The number of benzene rings is 2. The number of carbonyl (C=O) groups excluding carboxylic acids is 2. The fourth-order valence-corrected chi connectivity index (χ4v) is 3.77. The molecule has 4 heteroatoms. The summed E-state index contributed by atoms with van der Waals surface area (Å²) in [6, 6.07) is 16.3. The van der Waals surface area contributed by atoms with Crippen molar-refractivity contribution in [2.75, 3.05) is 26.7 Å². The summed E-state index contributed by atoms with van der Waals surface area (Å²) < 4.78 is 0. The number of hydrogen-bond acceptors (Lipinski definition) is 2. The Morgan fingerprint density at radius 1 is 1.15 bits per heavy atom. The molecule has 2 aromatic carbocycles. The van der Waals surface area contributed by atoms with Gasteiger partial charge in [-0.15, -0.1) is 0 Å². The molecule has 0 bridgehead atoms. The molecule has 0 N–H and O–H groups in total. The summed E-state index contributed by atoms with van der Waals surface area (Å²) in [4.78, 5) is 28.6. The lowest BCUT2D eigenvalue weighted by Gasteiger charge is -2.22. The van der Waals surface area contributed by atoms with E-state index in [4.69, 9.17) is 0 Å². The number of hydrogen-bond donors (Lipinski definition) is 0. The van der Waals surface area contributed by atoms with Crippen LogP contribution in [0.25, 0.3) is 0 Å². The zero-order valence-corrected chi connectivity index (χ0v) is 16.4. The molecule has 1 saturated heterocycles. The maximum absolute atomic E-state index is 13.1. The molecule has 0 aliphatic carbocycles. The first-order valence-corrected chi connectivity index (χ1v) is 9.64. The van der Waals surface area contributed by atoms with Crippen LogP contribution in [-0.2, 0) is 11.2 Å². The number of likely N-dealkylation sites (tertiary alicyclic amines) is 1. The second-order valence-electron chi connectivity index (χ2n) is 7.51. The fourth-order valence-electron chi connectivity index (χ4n) is 3.77. The van der Waals surface area contributed by atoms with Crippen molar-refractivity contribution in [1.29, 1.82) is 0 Å². The van der Waals surface area contributed by atoms with Gasteiger partial charge >= 0.3 is 0 Å². The Labute approximate surface area is 161 Å². The van der Waals surface area contributed by atoms with Gasteiger partial charge in [0.05, 0.1) is 0 Å². The Kier molecular flexibility index (Phi) is 5.94. The van der Waals surface area contributed by atoms with E-state index in [-0.39, 0.29) is 17.7 Å². The lowest BCUT2D eigenvalue weighted by molar-refractivity contribution is -0.127.